The summed E-state index contributed by atoms with van der Waals surface area (Å²) in [5, 5.41) is 0. The van der Waals surface area contributed by atoms with E-state index < -0.39 is 32.5 Å². The number of ether oxygens (including phenoxy) is 2. The van der Waals surface area contributed by atoms with Gasteiger partial charge in [0.2, 0.25) is 0 Å². The van der Waals surface area contributed by atoms with Gasteiger partial charge in [-0.15, -0.1) is 0 Å². The van der Waals surface area contributed by atoms with Gasteiger partial charge < -0.3 is 20.1 Å². The molecule has 0 rings (SSSR count). The van der Waals surface area contributed by atoms with Crippen LogP contribution in [0.25, 0.3) is 0 Å². The number of esters is 2. The molecule has 0 radical (unpaired) electrons. The Labute approximate surface area is 444 Å². The van der Waals surface area contributed by atoms with Gasteiger partial charge in [0.15, 0.2) is 6.10 Å². The number of phosphoric acid groups is 1. The van der Waals surface area contributed by atoms with Crippen LogP contribution in [0.15, 0.2) is 170 Å². The van der Waals surface area contributed by atoms with E-state index in [1.165, 1.54) is 0 Å². The summed E-state index contributed by atoms with van der Waals surface area (Å²) < 4.78 is 32.9. The number of hydrogen-bond donors (Lipinski definition) is 2. The minimum Gasteiger partial charge on any atom is -0.462 e. The van der Waals surface area contributed by atoms with Crippen molar-refractivity contribution in [3.05, 3.63) is 170 Å². The molecule has 0 aromatic carbocycles. The van der Waals surface area contributed by atoms with E-state index in [0.717, 1.165) is 141 Å². The van der Waals surface area contributed by atoms with Crippen molar-refractivity contribution in [1.82, 2.24) is 0 Å². The molecule has 408 valence electrons. The van der Waals surface area contributed by atoms with Crippen molar-refractivity contribution in [3.8, 4) is 0 Å². The van der Waals surface area contributed by atoms with Gasteiger partial charge >= 0.3 is 19.8 Å². The second kappa shape index (κ2) is 56.7. The third kappa shape index (κ3) is 56.5. The fourth-order valence-electron chi connectivity index (χ4n) is 6.59. The summed E-state index contributed by atoms with van der Waals surface area (Å²) in [5.74, 6) is -0.913. The minimum absolute atomic E-state index is 0.0339. The van der Waals surface area contributed by atoms with Crippen LogP contribution in [0.3, 0.4) is 0 Å². The first kappa shape index (κ1) is 68.4. The van der Waals surface area contributed by atoms with Crippen LogP contribution >= 0.6 is 7.82 Å². The standard InChI is InChI=1S/C63H98NO8P/c1-3-5-7-9-11-13-15-17-19-21-23-25-26-27-28-29-30-31-32-33-34-36-38-40-42-44-46-48-50-52-54-56-63(66)72-61(60-71-73(67,68)70-58-57-64)59-69-62(65)55-53-51-49-47-45-43-41-39-37-35-24-22-20-18-16-14-12-10-8-6-4-2/h5-8,11-14,17-20,23-25,27-28,30-31,33-35,38-41,45,47,61H,3-4,9-10,15-16,21-22,26,29,32,36-37,42-44,46,48-60,64H2,1-2H3,(H,67,68)/b7-5-,8-6-,13-11-,14-12-,19-17-,20-18-,25-23-,28-27-,31-30-,34-33-,35-24-,40-38-,41-39-,47-45-. The van der Waals surface area contributed by atoms with Gasteiger partial charge in [0.1, 0.15) is 6.61 Å². The van der Waals surface area contributed by atoms with Crippen molar-refractivity contribution in [2.24, 2.45) is 5.73 Å². The van der Waals surface area contributed by atoms with Gasteiger partial charge in [0, 0.05) is 19.4 Å². The first-order chi connectivity index (χ1) is 35.8. The molecule has 0 aliphatic heterocycles. The molecule has 2 atom stereocenters. The highest BCUT2D eigenvalue weighted by Gasteiger charge is 2.26. The average Bonchev–Trinajstić information content (AvgIpc) is 3.38. The molecular formula is C63H98NO8P. The van der Waals surface area contributed by atoms with Crippen molar-refractivity contribution < 1.29 is 37.6 Å². The van der Waals surface area contributed by atoms with Crippen LogP contribution in [0.1, 0.15) is 181 Å². The Hall–Kier alpha value is -4.63. The number of nitrogens with two attached hydrogens (primary N) is 1. The largest absolute Gasteiger partial charge is 0.472 e. The Morgan fingerprint density at radius 2 is 0.712 bits per heavy atom. The molecule has 10 heteroatoms. The topological polar surface area (TPSA) is 134 Å². The summed E-state index contributed by atoms with van der Waals surface area (Å²) in [4.78, 5) is 35.1. The number of carbonyl (C=O) groups is 2. The van der Waals surface area contributed by atoms with Gasteiger partial charge in [0.25, 0.3) is 0 Å². The highest BCUT2D eigenvalue weighted by Crippen LogP contribution is 2.43. The molecule has 0 spiro atoms. The SMILES string of the molecule is CC/C=C\C/C=C\C/C=C\C/C=C\C/C=C\C/C=C\C/C=C\C/C=C\CCCCCCCCC(=O)OC(COC(=O)CCCC/C=C\C/C=C\C/C=C\C/C=C\C/C=C\C/C=C\CC)COP(=O)(O)OCCN. The molecule has 0 amide bonds. The molecule has 0 heterocycles. The molecule has 0 bridgehead atoms. The fraction of sp³-hybridized carbons (Fsp3) is 0.524. The van der Waals surface area contributed by atoms with Gasteiger partial charge in [-0.05, 0) is 128 Å². The van der Waals surface area contributed by atoms with E-state index in [-0.39, 0.29) is 32.6 Å². The van der Waals surface area contributed by atoms with Gasteiger partial charge in [-0.2, -0.15) is 0 Å². The van der Waals surface area contributed by atoms with Crippen LogP contribution in [0.4, 0.5) is 0 Å². The maximum absolute atomic E-state index is 12.7. The van der Waals surface area contributed by atoms with Crippen LogP contribution in [0, 0.1) is 0 Å². The summed E-state index contributed by atoms with van der Waals surface area (Å²) in [6.45, 7) is 3.41. The third-order valence-corrected chi connectivity index (χ3v) is 11.6. The zero-order valence-electron chi connectivity index (χ0n) is 45.3. The molecular weight excluding hydrogens is 930 g/mol. The summed E-state index contributed by atoms with van der Waals surface area (Å²) in [5.41, 5.74) is 5.37. The number of hydrogen-bond acceptors (Lipinski definition) is 8. The maximum Gasteiger partial charge on any atom is 0.472 e. The predicted octanol–water partition coefficient (Wildman–Crippen LogP) is 17.5. The van der Waals surface area contributed by atoms with Crippen molar-refractivity contribution in [2.75, 3.05) is 26.4 Å². The number of allylic oxidation sites excluding steroid dienone is 28. The predicted molar refractivity (Wildman–Crippen MR) is 311 cm³/mol. The molecule has 73 heavy (non-hydrogen) atoms. The van der Waals surface area contributed by atoms with Crippen molar-refractivity contribution >= 4 is 19.8 Å². The lowest BCUT2D eigenvalue weighted by Crippen LogP contribution is -2.29. The highest BCUT2D eigenvalue weighted by atomic mass is 31.2. The Balaban J connectivity index is 4.18. The Morgan fingerprint density at radius 3 is 1.08 bits per heavy atom. The molecule has 2 unspecified atom stereocenters. The zero-order chi connectivity index (χ0) is 53.1. The first-order valence-corrected chi connectivity index (χ1v) is 29.1. The minimum atomic E-state index is -4.42. The van der Waals surface area contributed by atoms with Gasteiger partial charge in [0.05, 0.1) is 13.2 Å². The Bertz CT molecular complexity index is 1790. The van der Waals surface area contributed by atoms with Gasteiger partial charge in [-0.3, -0.25) is 18.6 Å². The van der Waals surface area contributed by atoms with Crippen molar-refractivity contribution in [1.29, 1.82) is 0 Å². The molecule has 0 fully saturated rings. The van der Waals surface area contributed by atoms with Crippen LogP contribution in [0.5, 0.6) is 0 Å². The monoisotopic (exact) mass is 1030 g/mol. The van der Waals surface area contributed by atoms with E-state index in [0.29, 0.717) is 12.8 Å². The number of phosphoric ester groups is 1. The molecule has 9 nitrogen and oxygen atoms in total. The van der Waals surface area contributed by atoms with E-state index >= 15 is 0 Å². The third-order valence-electron chi connectivity index (χ3n) is 10.6. The summed E-state index contributed by atoms with van der Waals surface area (Å²) >= 11 is 0. The molecule has 0 aromatic heterocycles. The van der Waals surface area contributed by atoms with Crippen molar-refractivity contribution in [3.63, 3.8) is 0 Å². The van der Waals surface area contributed by atoms with Crippen LogP contribution < -0.4 is 5.73 Å². The summed E-state index contributed by atoms with van der Waals surface area (Å²) in [6, 6.07) is 0. The Morgan fingerprint density at radius 1 is 0.411 bits per heavy atom. The van der Waals surface area contributed by atoms with Crippen LogP contribution in [-0.2, 0) is 32.7 Å². The van der Waals surface area contributed by atoms with Gasteiger partial charge in [-0.1, -0.05) is 210 Å². The molecule has 0 saturated heterocycles. The lowest BCUT2D eigenvalue weighted by Gasteiger charge is -2.19. The van der Waals surface area contributed by atoms with Crippen molar-refractivity contribution in [2.45, 2.75) is 187 Å². The average molecular weight is 1030 g/mol. The summed E-state index contributed by atoms with van der Waals surface area (Å²) in [7, 11) is -4.42. The zero-order valence-corrected chi connectivity index (χ0v) is 46.2. The number of carbonyl (C=O) groups excluding carboxylic acids is 2. The normalized spacial score (nSPS) is 14.4. The molecule has 0 aliphatic rings. The number of rotatable bonds is 49. The van der Waals surface area contributed by atoms with Gasteiger partial charge in [-0.25, -0.2) is 4.57 Å². The van der Waals surface area contributed by atoms with E-state index in [1.54, 1.807) is 0 Å². The fourth-order valence-corrected chi connectivity index (χ4v) is 7.36. The molecule has 0 saturated carbocycles. The van der Waals surface area contributed by atoms with Crippen LogP contribution in [0.2, 0.25) is 0 Å². The van der Waals surface area contributed by atoms with Crippen LogP contribution in [-0.4, -0.2) is 49.3 Å². The Kier molecular flexibility index (Phi) is 53.1. The number of unbranched alkanes of at least 4 members (excludes halogenated alkanes) is 8. The molecule has 0 aliphatic carbocycles. The van der Waals surface area contributed by atoms with E-state index in [4.69, 9.17) is 24.3 Å². The lowest BCUT2D eigenvalue weighted by molar-refractivity contribution is -0.161. The highest BCUT2D eigenvalue weighted by molar-refractivity contribution is 7.47. The lowest BCUT2D eigenvalue weighted by atomic mass is 10.1. The van der Waals surface area contributed by atoms with E-state index in [9.17, 15) is 19.0 Å². The molecule has 0 aromatic rings. The summed E-state index contributed by atoms with van der Waals surface area (Å²) in [6.07, 6.45) is 84.0. The molecule has 3 N–H and O–H groups in total. The van der Waals surface area contributed by atoms with E-state index in [2.05, 4.69) is 184 Å². The maximum atomic E-state index is 12.7. The smallest absolute Gasteiger partial charge is 0.462 e. The van der Waals surface area contributed by atoms with E-state index in [1.807, 2.05) is 0 Å². The second-order valence-corrected chi connectivity index (χ2v) is 18.8. The first-order valence-electron chi connectivity index (χ1n) is 27.6. The quantitative estimate of drug-likeness (QED) is 0.0264. The second-order valence-electron chi connectivity index (χ2n) is 17.3.